The van der Waals surface area contributed by atoms with Crippen LogP contribution in [0.5, 0.6) is 0 Å². The first-order valence-corrected chi connectivity index (χ1v) is 15.6. The number of likely N-dealkylation sites (tertiary alicyclic amines) is 1. The Bertz CT molecular complexity index is 1070. The molecule has 5 nitrogen and oxygen atoms in total. The van der Waals surface area contributed by atoms with Crippen LogP contribution in [-0.2, 0) is 15.0 Å². The van der Waals surface area contributed by atoms with Crippen molar-refractivity contribution in [3.05, 3.63) is 66.0 Å². The Morgan fingerprint density at radius 1 is 1.12 bits per heavy atom. The number of alkyl halides is 2. The van der Waals surface area contributed by atoms with Gasteiger partial charge >= 0.3 is 0 Å². The van der Waals surface area contributed by atoms with Gasteiger partial charge in [-0.05, 0) is 80.7 Å². The van der Waals surface area contributed by atoms with Crippen molar-refractivity contribution in [3.8, 4) is 0 Å². The fraction of sp³-hybridized carbons (Fsp3) is 0.600. The second-order valence-corrected chi connectivity index (χ2v) is 12.2. The molecule has 2 fully saturated rings. The predicted octanol–water partition coefficient (Wildman–Crippen LogP) is 8.51. The van der Waals surface area contributed by atoms with E-state index in [1.54, 1.807) is 18.9 Å². The number of piperidine rings is 1. The number of hydrogen-bond donors (Lipinski definition) is 1. The number of amides is 2. The summed E-state index contributed by atoms with van der Waals surface area (Å²) < 4.78 is 41.1. The van der Waals surface area contributed by atoms with Gasteiger partial charge in [0.2, 0.25) is 18.2 Å². The molecule has 2 amide bonds. The summed E-state index contributed by atoms with van der Waals surface area (Å²) in [5, 5.41) is 2.90. The number of rotatable bonds is 8. The van der Waals surface area contributed by atoms with E-state index >= 15 is 0 Å². The quantitative estimate of drug-likeness (QED) is 0.239. The summed E-state index contributed by atoms with van der Waals surface area (Å²) in [6, 6.07) is 7.15. The third kappa shape index (κ3) is 12.2. The maximum atomic E-state index is 14.1. The van der Waals surface area contributed by atoms with Crippen LogP contribution in [0.3, 0.4) is 0 Å². The first kappa shape index (κ1) is 38.0. The van der Waals surface area contributed by atoms with Crippen molar-refractivity contribution in [2.75, 3.05) is 18.5 Å². The van der Waals surface area contributed by atoms with Crippen LogP contribution in [0.25, 0.3) is 0 Å². The van der Waals surface area contributed by atoms with E-state index in [4.69, 9.17) is 0 Å². The van der Waals surface area contributed by atoms with Crippen molar-refractivity contribution in [2.45, 2.75) is 123 Å². The summed E-state index contributed by atoms with van der Waals surface area (Å²) in [7, 11) is 1.76. The molecule has 43 heavy (non-hydrogen) atoms. The third-order valence-electron chi connectivity index (χ3n) is 7.96. The molecule has 1 saturated carbocycles. The lowest BCUT2D eigenvalue weighted by molar-refractivity contribution is -0.123. The van der Waals surface area contributed by atoms with Crippen LogP contribution in [0.2, 0.25) is 0 Å². The Morgan fingerprint density at radius 2 is 1.70 bits per heavy atom. The first-order valence-electron chi connectivity index (χ1n) is 15.6. The zero-order valence-corrected chi connectivity index (χ0v) is 27.6. The normalized spacial score (nSPS) is 20.0. The number of hydrogen-bond acceptors (Lipinski definition) is 3. The maximum Gasteiger partial charge on any atom is 0.248 e. The van der Waals surface area contributed by atoms with Gasteiger partial charge in [-0.3, -0.25) is 9.59 Å². The smallest absolute Gasteiger partial charge is 0.248 e. The highest BCUT2D eigenvalue weighted by Crippen LogP contribution is 2.33. The van der Waals surface area contributed by atoms with Gasteiger partial charge in [-0.2, -0.15) is 0 Å². The SMILES string of the molecule is C=C/C(=C\C(F)=C/C)C(C(=O)NC1CCC(F)(F)CC1)N(C)c1ccc(C(C)(C)C)cc1.CC.CC1CCCCN1C=O. The number of likely N-dealkylation sites (N-methyl/N-ethyl adjacent to an activating group) is 1. The molecular weight excluding hydrogens is 551 g/mol. The molecule has 0 radical (unpaired) electrons. The molecule has 1 heterocycles. The largest absolute Gasteiger partial charge is 0.359 e. The third-order valence-corrected chi connectivity index (χ3v) is 7.96. The van der Waals surface area contributed by atoms with Gasteiger partial charge < -0.3 is 15.1 Å². The molecular formula is C35H54F3N3O2. The van der Waals surface area contributed by atoms with Gasteiger partial charge in [-0.15, -0.1) is 0 Å². The minimum atomic E-state index is -2.67. The minimum Gasteiger partial charge on any atom is -0.359 e. The van der Waals surface area contributed by atoms with Crippen molar-refractivity contribution in [2.24, 2.45) is 0 Å². The van der Waals surface area contributed by atoms with E-state index in [0.29, 0.717) is 11.6 Å². The summed E-state index contributed by atoms with van der Waals surface area (Å²) in [5.74, 6) is -3.52. The van der Waals surface area contributed by atoms with Gasteiger partial charge in [0.25, 0.3) is 0 Å². The standard InChI is InChI=1S/C26H35F3N2O.C7H13NO.C2H6/c1-7-18(17-20(27)8-2)23(24(32)30-21-13-15-26(28,29)16-14-21)31(6)22-11-9-19(10-12-22)25(3,4)5;1-7-4-2-3-5-8(7)6-9;1-2/h7-12,17,21,23H,1,13-16H2,2-6H3,(H,30,32);6-7H,2-5H2,1H3;1-2H3/b18-17+,20-8+;;. The molecule has 242 valence electrons. The Morgan fingerprint density at radius 3 is 2.14 bits per heavy atom. The summed E-state index contributed by atoms with van der Waals surface area (Å²) in [4.78, 5) is 27.2. The van der Waals surface area contributed by atoms with Crippen molar-refractivity contribution in [3.63, 3.8) is 0 Å². The fourth-order valence-corrected chi connectivity index (χ4v) is 5.13. The number of benzene rings is 1. The van der Waals surface area contributed by atoms with Gasteiger partial charge in [0.05, 0.1) is 0 Å². The molecule has 0 bridgehead atoms. The molecule has 1 aromatic rings. The summed E-state index contributed by atoms with van der Waals surface area (Å²) in [6.45, 7) is 18.8. The first-order chi connectivity index (χ1) is 20.2. The van der Waals surface area contributed by atoms with Gasteiger partial charge in [0, 0.05) is 44.2 Å². The molecule has 2 aliphatic rings. The van der Waals surface area contributed by atoms with E-state index in [1.807, 2.05) is 43.0 Å². The zero-order chi connectivity index (χ0) is 32.8. The van der Waals surface area contributed by atoms with E-state index in [-0.39, 0.29) is 43.0 Å². The van der Waals surface area contributed by atoms with Crippen LogP contribution >= 0.6 is 0 Å². The zero-order valence-electron chi connectivity index (χ0n) is 27.6. The maximum absolute atomic E-state index is 14.1. The Kier molecular flexibility index (Phi) is 15.8. The van der Waals surface area contributed by atoms with Crippen LogP contribution in [0.4, 0.5) is 18.9 Å². The van der Waals surface area contributed by atoms with Gasteiger partial charge in [0.15, 0.2) is 0 Å². The number of allylic oxidation sites excluding steroid dienone is 3. The molecule has 1 aromatic carbocycles. The molecule has 8 heteroatoms. The molecule has 3 rings (SSSR count). The lowest BCUT2D eigenvalue weighted by atomic mass is 9.87. The monoisotopic (exact) mass is 605 g/mol. The molecule has 1 aliphatic heterocycles. The predicted molar refractivity (Wildman–Crippen MR) is 173 cm³/mol. The molecule has 1 saturated heterocycles. The number of nitrogens with zero attached hydrogens (tertiary/aromatic N) is 2. The summed E-state index contributed by atoms with van der Waals surface area (Å²) in [6.07, 6.45) is 8.59. The minimum absolute atomic E-state index is 0.0157. The van der Waals surface area contributed by atoms with Crippen molar-refractivity contribution in [1.29, 1.82) is 0 Å². The highest BCUT2D eigenvalue weighted by molar-refractivity contribution is 5.89. The highest BCUT2D eigenvalue weighted by Gasteiger charge is 2.37. The average Bonchev–Trinajstić information content (AvgIpc) is 2.99. The number of carbonyl (C=O) groups excluding carboxylic acids is 2. The van der Waals surface area contributed by atoms with E-state index < -0.39 is 17.8 Å². The van der Waals surface area contributed by atoms with E-state index in [2.05, 4.69) is 39.6 Å². The van der Waals surface area contributed by atoms with E-state index in [0.717, 1.165) is 24.2 Å². The fourth-order valence-electron chi connectivity index (χ4n) is 5.13. The van der Waals surface area contributed by atoms with Crippen molar-refractivity contribution < 1.29 is 22.8 Å². The number of nitrogens with one attached hydrogen (secondary N) is 1. The van der Waals surface area contributed by atoms with Crippen LogP contribution < -0.4 is 10.2 Å². The molecule has 1 aliphatic carbocycles. The second-order valence-electron chi connectivity index (χ2n) is 12.2. The van der Waals surface area contributed by atoms with Crippen LogP contribution in [0.1, 0.15) is 99.0 Å². The van der Waals surface area contributed by atoms with E-state index in [9.17, 15) is 22.8 Å². The van der Waals surface area contributed by atoms with Crippen LogP contribution in [0.15, 0.2) is 60.5 Å². The lowest BCUT2D eigenvalue weighted by Crippen LogP contribution is -2.50. The average molecular weight is 606 g/mol. The van der Waals surface area contributed by atoms with Gasteiger partial charge in [-0.1, -0.05) is 65.5 Å². The summed E-state index contributed by atoms with van der Waals surface area (Å²) >= 11 is 0. The molecule has 0 spiro atoms. The van der Waals surface area contributed by atoms with Crippen LogP contribution in [0, 0.1) is 0 Å². The van der Waals surface area contributed by atoms with Crippen molar-refractivity contribution >= 4 is 18.0 Å². The summed E-state index contributed by atoms with van der Waals surface area (Å²) in [5.41, 5.74) is 2.31. The topological polar surface area (TPSA) is 52.7 Å². The molecule has 2 atom stereocenters. The van der Waals surface area contributed by atoms with Gasteiger partial charge in [0.1, 0.15) is 11.9 Å². The number of carbonyl (C=O) groups is 2. The second kappa shape index (κ2) is 17.9. The number of halogens is 3. The molecule has 1 N–H and O–H groups in total. The Labute approximate surface area is 258 Å². The van der Waals surface area contributed by atoms with Gasteiger partial charge in [-0.25, -0.2) is 13.2 Å². The lowest BCUT2D eigenvalue weighted by Gasteiger charge is -2.34. The molecule has 0 aromatic heterocycles. The Hall–Kier alpha value is -3.03. The Balaban J connectivity index is 0.000000707. The van der Waals surface area contributed by atoms with E-state index in [1.165, 1.54) is 37.5 Å². The van der Waals surface area contributed by atoms with Crippen LogP contribution in [-0.4, -0.2) is 54.9 Å². The van der Waals surface area contributed by atoms with Crippen molar-refractivity contribution in [1.82, 2.24) is 10.2 Å². The highest BCUT2D eigenvalue weighted by atomic mass is 19.3. The molecule has 2 unspecified atom stereocenters. The number of anilines is 1.